The van der Waals surface area contributed by atoms with Gasteiger partial charge in [0.05, 0.1) is 24.2 Å². The summed E-state index contributed by atoms with van der Waals surface area (Å²) in [7, 11) is 1.72. The summed E-state index contributed by atoms with van der Waals surface area (Å²) >= 11 is 2.56. The highest BCUT2D eigenvalue weighted by molar-refractivity contribution is 8.01. The largest absolute Gasteiger partial charge is 0.467 e. The number of furan rings is 1. The van der Waals surface area contributed by atoms with Crippen molar-refractivity contribution in [1.29, 1.82) is 0 Å². The maximum absolute atomic E-state index is 13.6. The Balaban J connectivity index is 1.51. The lowest BCUT2D eigenvalue weighted by Crippen LogP contribution is -2.27. The fourth-order valence-corrected chi connectivity index (χ4v) is 3.66. The Morgan fingerprint density at radius 2 is 2.16 bits per heavy atom. The molecule has 3 aromatic rings. The van der Waals surface area contributed by atoms with Gasteiger partial charge in [-0.25, -0.2) is 4.39 Å². The Hall–Kier alpha value is -2.39. The van der Waals surface area contributed by atoms with Gasteiger partial charge in [-0.2, -0.15) is 0 Å². The normalized spacial score (nSPS) is 10.6. The summed E-state index contributed by atoms with van der Waals surface area (Å²) in [5, 5.41) is 11.3. The molecule has 0 atom stereocenters. The van der Waals surface area contributed by atoms with Crippen molar-refractivity contribution in [2.24, 2.45) is 0 Å². The van der Waals surface area contributed by atoms with Gasteiger partial charge in [-0.15, -0.1) is 10.2 Å². The topological polar surface area (TPSA) is 71.3 Å². The molecule has 3 rings (SSSR count). The van der Waals surface area contributed by atoms with E-state index in [2.05, 4.69) is 15.5 Å². The predicted octanol–water partition coefficient (Wildman–Crippen LogP) is 3.76. The molecule has 0 unspecified atom stereocenters. The fourth-order valence-electron chi connectivity index (χ4n) is 1.95. The number of carbonyl (C=O) groups is 1. The second-order valence-corrected chi connectivity index (χ2v) is 7.30. The van der Waals surface area contributed by atoms with Crippen LogP contribution in [0.3, 0.4) is 0 Å². The minimum Gasteiger partial charge on any atom is -0.467 e. The lowest BCUT2D eigenvalue weighted by atomic mass is 10.3. The third-order valence-corrected chi connectivity index (χ3v) is 5.20. The van der Waals surface area contributed by atoms with E-state index in [0.717, 1.165) is 5.76 Å². The highest BCUT2D eigenvalue weighted by Gasteiger charge is 2.13. The third kappa shape index (κ3) is 4.80. The number of anilines is 2. The molecule has 0 aliphatic rings. The SMILES string of the molecule is CN(Cc1ccco1)C(=O)CSc1nnc(Nc2ccccc2F)s1. The number of nitrogens with zero attached hydrogens (tertiary/aromatic N) is 3. The van der Waals surface area contributed by atoms with Gasteiger partial charge in [0.25, 0.3) is 0 Å². The van der Waals surface area contributed by atoms with E-state index in [9.17, 15) is 9.18 Å². The number of aromatic nitrogens is 2. The molecule has 1 N–H and O–H groups in total. The number of carbonyl (C=O) groups excluding carboxylic acids is 1. The van der Waals surface area contributed by atoms with Crippen molar-refractivity contribution in [2.45, 2.75) is 10.9 Å². The maximum Gasteiger partial charge on any atom is 0.233 e. The van der Waals surface area contributed by atoms with Gasteiger partial charge in [-0.1, -0.05) is 35.2 Å². The molecule has 6 nitrogen and oxygen atoms in total. The fraction of sp³-hybridized carbons (Fsp3) is 0.188. The van der Waals surface area contributed by atoms with Gasteiger partial charge in [-0.05, 0) is 24.3 Å². The highest BCUT2D eigenvalue weighted by Crippen LogP contribution is 2.28. The zero-order valence-corrected chi connectivity index (χ0v) is 14.9. The molecule has 0 fully saturated rings. The number of hydrogen-bond acceptors (Lipinski definition) is 7. The van der Waals surface area contributed by atoms with Crippen LogP contribution in [0.2, 0.25) is 0 Å². The molecule has 2 aromatic heterocycles. The summed E-state index contributed by atoms with van der Waals surface area (Å²) in [6.07, 6.45) is 1.58. The van der Waals surface area contributed by atoms with Crippen LogP contribution in [-0.2, 0) is 11.3 Å². The van der Waals surface area contributed by atoms with Crippen molar-refractivity contribution < 1.29 is 13.6 Å². The van der Waals surface area contributed by atoms with Gasteiger partial charge in [0.2, 0.25) is 11.0 Å². The lowest BCUT2D eigenvalue weighted by Gasteiger charge is -2.14. The standard InChI is InChI=1S/C16H15FN4O2S2/c1-21(9-11-5-4-8-23-11)14(22)10-24-16-20-19-15(25-16)18-13-7-3-2-6-12(13)17/h2-8H,9-10H2,1H3,(H,18,19). The molecule has 1 amide bonds. The average molecular weight is 378 g/mol. The van der Waals surface area contributed by atoms with Crippen molar-refractivity contribution in [1.82, 2.24) is 15.1 Å². The molecular formula is C16H15FN4O2S2. The molecule has 9 heteroatoms. The van der Waals surface area contributed by atoms with Crippen LogP contribution in [-0.4, -0.2) is 33.8 Å². The Labute approximate surface area is 152 Å². The van der Waals surface area contributed by atoms with Crippen LogP contribution in [0, 0.1) is 5.82 Å². The summed E-state index contributed by atoms with van der Waals surface area (Å²) in [4.78, 5) is 13.7. The smallest absolute Gasteiger partial charge is 0.233 e. The molecule has 0 radical (unpaired) electrons. The summed E-state index contributed by atoms with van der Waals surface area (Å²) in [5.41, 5.74) is 0.337. The second-order valence-electron chi connectivity index (χ2n) is 5.10. The number of rotatable bonds is 7. The molecule has 0 aliphatic heterocycles. The molecule has 0 saturated heterocycles. The quantitative estimate of drug-likeness (QED) is 0.631. The van der Waals surface area contributed by atoms with Crippen molar-refractivity contribution in [2.75, 3.05) is 18.1 Å². The number of nitrogens with one attached hydrogen (secondary N) is 1. The van der Waals surface area contributed by atoms with E-state index >= 15 is 0 Å². The van der Waals surface area contributed by atoms with Gasteiger partial charge in [0, 0.05) is 7.05 Å². The van der Waals surface area contributed by atoms with E-state index in [1.807, 2.05) is 6.07 Å². The molecule has 0 bridgehead atoms. The average Bonchev–Trinajstić information content (AvgIpc) is 3.26. The van der Waals surface area contributed by atoms with Gasteiger partial charge < -0.3 is 14.6 Å². The summed E-state index contributed by atoms with van der Waals surface area (Å²) in [6.45, 7) is 0.419. The van der Waals surface area contributed by atoms with Crippen LogP contribution < -0.4 is 5.32 Å². The molecule has 2 heterocycles. The number of halogens is 1. The van der Waals surface area contributed by atoms with E-state index in [1.54, 1.807) is 42.5 Å². The van der Waals surface area contributed by atoms with E-state index in [1.165, 1.54) is 29.2 Å². The molecule has 130 valence electrons. The van der Waals surface area contributed by atoms with Crippen molar-refractivity contribution in [3.8, 4) is 0 Å². The third-order valence-electron chi connectivity index (χ3n) is 3.24. The minimum atomic E-state index is -0.360. The van der Waals surface area contributed by atoms with Crippen molar-refractivity contribution in [3.63, 3.8) is 0 Å². The van der Waals surface area contributed by atoms with Crippen LogP contribution in [0.1, 0.15) is 5.76 Å². The van der Waals surface area contributed by atoms with Crippen LogP contribution in [0.5, 0.6) is 0 Å². The van der Waals surface area contributed by atoms with E-state index < -0.39 is 0 Å². The van der Waals surface area contributed by atoms with Gasteiger partial charge in [0.15, 0.2) is 4.34 Å². The monoisotopic (exact) mass is 378 g/mol. The van der Waals surface area contributed by atoms with Crippen LogP contribution in [0.25, 0.3) is 0 Å². The van der Waals surface area contributed by atoms with Gasteiger partial charge >= 0.3 is 0 Å². The molecule has 1 aromatic carbocycles. The van der Waals surface area contributed by atoms with Gasteiger partial charge in [0.1, 0.15) is 11.6 Å². The number of thioether (sulfide) groups is 1. The van der Waals surface area contributed by atoms with Crippen LogP contribution >= 0.6 is 23.1 Å². The Bertz CT molecular complexity index is 838. The summed E-state index contributed by atoms with van der Waals surface area (Å²) < 4.78 is 19.5. The molecule has 25 heavy (non-hydrogen) atoms. The first-order chi connectivity index (χ1) is 12.1. The highest BCUT2D eigenvalue weighted by atomic mass is 32.2. The zero-order valence-electron chi connectivity index (χ0n) is 13.3. The second kappa shape index (κ2) is 8.13. The minimum absolute atomic E-state index is 0.0415. The predicted molar refractivity (Wildman–Crippen MR) is 95.5 cm³/mol. The van der Waals surface area contributed by atoms with E-state index in [4.69, 9.17) is 4.42 Å². The van der Waals surface area contributed by atoms with Gasteiger partial charge in [-0.3, -0.25) is 4.79 Å². The molecular weight excluding hydrogens is 363 g/mol. The van der Waals surface area contributed by atoms with Crippen LogP contribution in [0.15, 0.2) is 51.4 Å². The lowest BCUT2D eigenvalue weighted by molar-refractivity contribution is -0.127. The van der Waals surface area contributed by atoms with E-state index in [-0.39, 0.29) is 17.5 Å². The molecule has 0 aliphatic carbocycles. The molecule has 0 saturated carbocycles. The first kappa shape index (κ1) is 17.4. The number of amides is 1. The maximum atomic E-state index is 13.6. The Morgan fingerprint density at radius 1 is 1.32 bits per heavy atom. The zero-order chi connectivity index (χ0) is 17.6. The number of para-hydroxylation sites is 1. The summed E-state index contributed by atoms with van der Waals surface area (Å²) in [5.74, 6) is 0.570. The Kier molecular flexibility index (Phi) is 5.67. The van der Waals surface area contributed by atoms with E-state index in [0.29, 0.717) is 21.7 Å². The number of benzene rings is 1. The van der Waals surface area contributed by atoms with Crippen LogP contribution in [0.4, 0.5) is 15.2 Å². The molecule has 0 spiro atoms. The van der Waals surface area contributed by atoms with Crippen molar-refractivity contribution in [3.05, 3.63) is 54.2 Å². The number of hydrogen-bond donors (Lipinski definition) is 1. The summed E-state index contributed by atoms with van der Waals surface area (Å²) in [6, 6.07) is 9.95. The first-order valence-electron chi connectivity index (χ1n) is 7.36. The Morgan fingerprint density at radius 3 is 2.92 bits per heavy atom. The first-order valence-corrected chi connectivity index (χ1v) is 9.16. The van der Waals surface area contributed by atoms with Crippen molar-refractivity contribution >= 4 is 39.8 Å².